The van der Waals surface area contributed by atoms with Gasteiger partial charge in [-0.1, -0.05) is 32.1 Å². The van der Waals surface area contributed by atoms with Crippen molar-refractivity contribution in [2.24, 2.45) is 11.7 Å². The summed E-state index contributed by atoms with van der Waals surface area (Å²) in [5.74, 6) is 1.45. The van der Waals surface area contributed by atoms with Gasteiger partial charge < -0.3 is 10.5 Å². The number of hydrogen-bond acceptors (Lipinski definition) is 2. The van der Waals surface area contributed by atoms with Gasteiger partial charge in [0, 0.05) is 6.42 Å². The molecule has 0 saturated heterocycles. The SMILES string of the molecule is CCCOc1ccc(CC(C)CC(N)=S)c(C)c1. The van der Waals surface area contributed by atoms with Crippen molar-refractivity contribution in [3.05, 3.63) is 29.3 Å². The van der Waals surface area contributed by atoms with Gasteiger partial charge in [0.2, 0.25) is 0 Å². The maximum Gasteiger partial charge on any atom is 0.119 e. The highest BCUT2D eigenvalue weighted by atomic mass is 32.1. The van der Waals surface area contributed by atoms with Gasteiger partial charge in [0.25, 0.3) is 0 Å². The van der Waals surface area contributed by atoms with E-state index in [-0.39, 0.29) is 0 Å². The molecule has 0 aliphatic heterocycles. The third kappa shape index (κ3) is 5.05. The second kappa shape index (κ2) is 7.37. The molecule has 0 bridgehead atoms. The highest BCUT2D eigenvalue weighted by Crippen LogP contribution is 2.21. The van der Waals surface area contributed by atoms with Crippen molar-refractivity contribution < 1.29 is 4.74 Å². The van der Waals surface area contributed by atoms with Crippen LogP contribution < -0.4 is 10.5 Å². The van der Waals surface area contributed by atoms with Gasteiger partial charge in [0.05, 0.1) is 11.6 Å². The third-order valence-corrected chi connectivity index (χ3v) is 3.07. The first-order valence-corrected chi connectivity index (χ1v) is 6.94. The summed E-state index contributed by atoms with van der Waals surface area (Å²) in [6.45, 7) is 7.19. The minimum Gasteiger partial charge on any atom is -0.494 e. The third-order valence-electron chi connectivity index (χ3n) is 2.90. The van der Waals surface area contributed by atoms with Gasteiger partial charge in [-0.2, -0.15) is 0 Å². The molecular weight excluding hydrogens is 242 g/mol. The van der Waals surface area contributed by atoms with Crippen molar-refractivity contribution >= 4 is 17.2 Å². The van der Waals surface area contributed by atoms with Crippen LogP contribution >= 0.6 is 12.2 Å². The fraction of sp³-hybridized carbons (Fsp3) is 0.533. The van der Waals surface area contributed by atoms with Gasteiger partial charge in [-0.3, -0.25) is 0 Å². The van der Waals surface area contributed by atoms with Crippen LogP contribution in [-0.4, -0.2) is 11.6 Å². The molecule has 2 nitrogen and oxygen atoms in total. The van der Waals surface area contributed by atoms with Crippen LogP contribution in [0.3, 0.4) is 0 Å². The number of hydrogen-bond donors (Lipinski definition) is 1. The minimum absolute atomic E-state index is 0.489. The lowest BCUT2D eigenvalue weighted by Crippen LogP contribution is -2.14. The van der Waals surface area contributed by atoms with E-state index in [4.69, 9.17) is 22.7 Å². The highest BCUT2D eigenvalue weighted by Gasteiger charge is 2.08. The normalized spacial score (nSPS) is 12.2. The summed E-state index contributed by atoms with van der Waals surface area (Å²) in [6, 6.07) is 6.31. The quantitative estimate of drug-likeness (QED) is 0.764. The average molecular weight is 265 g/mol. The Morgan fingerprint density at radius 1 is 1.44 bits per heavy atom. The molecule has 1 aromatic rings. The Morgan fingerprint density at radius 3 is 2.72 bits per heavy atom. The van der Waals surface area contributed by atoms with E-state index in [0.29, 0.717) is 10.9 Å². The van der Waals surface area contributed by atoms with Crippen molar-refractivity contribution in [1.29, 1.82) is 0 Å². The van der Waals surface area contributed by atoms with Crippen LogP contribution in [0.2, 0.25) is 0 Å². The highest BCUT2D eigenvalue weighted by molar-refractivity contribution is 7.80. The van der Waals surface area contributed by atoms with Crippen LogP contribution in [-0.2, 0) is 6.42 Å². The van der Waals surface area contributed by atoms with Crippen LogP contribution in [0.15, 0.2) is 18.2 Å². The molecule has 0 radical (unpaired) electrons. The molecule has 0 heterocycles. The van der Waals surface area contributed by atoms with Crippen LogP contribution in [0.5, 0.6) is 5.75 Å². The predicted molar refractivity (Wildman–Crippen MR) is 81.2 cm³/mol. The van der Waals surface area contributed by atoms with E-state index in [1.165, 1.54) is 11.1 Å². The number of ether oxygens (including phenoxy) is 1. The fourth-order valence-electron chi connectivity index (χ4n) is 2.00. The van der Waals surface area contributed by atoms with Gasteiger partial charge in [0.1, 0.15) is 5.75 Å². The molecule has 1 aromatic carbocycles. The second-order valence-corrected chi connectivity index (χ2v) is 5.44. The molecule has 100 valence electrons. The van der Waals surface area contributed by atoms with E-state index in [1.807, 2.05) is 6.07 Å². The lowest BCUT2D eigenvalue weighted by Gasteiger charge is -2.14. The van der Waals surface area contributed by atoms with E-state index < -0.39 is 0 Å². The summed E-state index contributed by atoms with van der Waals surface area (Å²) >= 11 is 4.95. The molecule has 3 heteroatoms. The predicted octanol–water partition coefficient (Wildman–Crippen LogP) is 3.64. The lowest BCUT2D eigenvalue weighted by molar-refractivity contribution is 0.317. The molecule has 0 saturated carbocycles. The fourth-order valence-corrected chi connectivity index (χ4v) is 2.28. The van der Waals surface area contributed by atoms with Crippen LogP contribution in [0, 0.1) is 12.8 Å². The molecule has 2 N–H and O–H groups in total. The van der Waals surface area contributed by atoms with Gasteiger partial charge in [-0.25, -0.2) is 0 Å². The molecule has 0 aromatic heterocycles. The maximum absolute atomic E-state index is 5.62. The van der Waals surface area contributed by atoms with Crippen molar-refractivity contribution in [3.63, 3.8) is 0 Å². The summed E-state index contributed by atoms with van der Waals surface area (Å²) in [4.78, 5) is 0.600. The lowest BCUT2D eigenvalue weighted by atomic mass is 9.95. The summed E-state index contributed by atoms with van der Waals surface area (Å²) in [5, 5.41) is 0. The number of aryl methyl sites for hydroxylation is 1. The maximum atomic E-state index is 5.62. The Morgan fingerprint density at radius 2 is 2.17 bits per heavy atom. The zero-order valence-electron chi connectivity index (χ0n) is 11.5. The first kappa shape index (κ1) is 15.0. The average Bonchev–Trinajstić information content (AvgIpc) is 2.28. The summed E-state index contributed by atoms with van der Waals surface area (Å²) in [7, 11) is 0. The van der Waals surface area contributed by atoms with E-state index in [0.717, 1.165) is 31.6 Å². The Balaban J connectivity index is 2.64. The van der Waals surface area contributed by atoms with Crippen molar-refractivity contribution in [3.8, 4) is 5.75 Å². The summed E-state index contributed by atoms with van der Waals surface area (Å²) in [5.41, 5.74) is 8.20. The van der Waals surface area contributed by atoms with Crippen molar-refractivity contribution in [1.82, 2.24) is 0 Å². The Labute approximate surface area is 116 Å². The molecule has 18 heavy (non-hydrogen) atoms. The second-order valence-electron chi connectivity index (χ2n) is 4.92. The van der Waals surface area contributed by atoms with E-state index in [9.17, 15) is 0 Å². The largest absolute Gasteiger partial charge is 0.494 e. The van der Waals surface area contributed by atoms with E-state index in [1.54, 1.807) is 0 Å². The molecule has 1 atom stereocenters. The molecule has 0 amide bonds. The van der Waals surface area contributed by atoms with E-state index >= 15 is 0 Å². The molecule has 0 aliphatic rings. The van der Waals surface area contributed by atoms with Crippen LogP contribution in [0.25, 0.3) is 0 Å². The molecule has 0 fully saturated rings. The minimum atomic E-state index is 0.489. The zero-order valence-corrected chi connectivity index (χ0v) is 12.3. The van der Waals surface area contributed by atoms with Gasteiger partial charge in [0.15, 0.2) is 0 Å². The Bertz CT molecular complexity index is 403. The molecule has 0 spiro atoms. The van der Waals surface area contributed by atoms with Gasteiger partial charge in [-0.05, 0) is 48.9 Å². The number of nitrogens with two attached hydrogens (primary N) is 1. The molecular formula is C15H23NOS. The number of rotatable bonds is 7. The van der Waals surface area contributed by atoms with Gasteiger partial charge >= 0.3 is 0 Å². The number of benzene rings is 1. The molecule has 1 rings (SSSR count). The summed E-state index contributed by atoms with van der Waals surface area (Å²) < 4.78 is 5.62. The van der Waals surface area contributed by atoms with Gasteiger partial charge in [-0.15, -0.1) is 0 Å². The van der Waals surface area contributed by atoms with Crippen LogP contribution in [0.1, 0.15) is 37.8 Å². The standard InChI is InChI=1S/C15H23NOS/c1-4-7-17-14-6-5-13(12(3)10-14)8-11(2)9-15(16)18/h5-6,10-11H,4,7-9H2,1-3H3,(H2,16,18). The number of thiocarbonyl (C=S) groups is 1. The van der Waals surface area contributed by atoms with Crippen LogP contribution in [0.4, 0.5) is 0 Å². The summed E-state index contributed by atoms with van der Waals surface area (Å²) in [6.07, 6.45) is 2.85. The van der Waals surface area contributed by atoms with Crippen molar-refractivity contribution in [2.45, 2.75) is 40.0 Å². The van der Waals surface area contributed by atoms with E-state index in [2.05, 4.69) is 32.9 Å². The van der Waals surface area contributed by atoms with Crippen molar-refractivity contribution in [2.75, 3.05) is 6.61 Å². The Kier molecular flexibility index (Phi) is 6.13. The first-order chi connectivity index (χ1) is 8.52. The Hall–Kier alpha value is -1.09. The topological polar surface area (TPSA) is 35.2 Å². The zero-order chi connectivity index (χ0) is 13.5. The monoisotopic (exact) mass is 265 g/mol. The first-order valence-electron chi connectivity index (χ1n) is 6.53. The smallest absolute Gasteiger partial charge is 0.119 e. The molecule has 1 unspecified atom stereocenters. The molecule has 0 aliphatic carbocycles.